The first-order valence-corrected chi connectivity index (χ1v) is 24.1. The summed E-state index contributed by atoms with van der Waals surface area (Å²) in [6, 6.07) is 81.6. The van der Waals surface area contributed by atoms with Gasteiger partial charge in [-0.3, -0.25) is 0 Å². The highest BCUT2D eigenvalue weighted by atomic mass is 32.1. The van der Waals surface area contributed by atoms with Crippen molar-refractivity contribution in [3.05, 3.63) is 270 Å². The van der Waals surface area contributed by atoms with Gasteiger partial charge in [0.05, 0.1) is 5.41 Å². The maximum Gasteiger partial charge on any atom is 0.0713 e. The molecule has 0 bridgehead atoms. The summed E-state index contributed by atoms with van der Waals surface area (Å²) in [4.78, 5) is 2.52. The van der Waals surface area contributed by atoms with Crippen molar-refractivity contribution in [1.29, 1.82) is 0 Å². The van der Waals surface area contributed by atoms with Crippen molar-refractivity contribution in [3.8, 4) is 33.4 Å². The SMILES string of the molecule is CC1(C)c2ccccc2C2=CC=C(N(c3ccc(-c4cccc(-c5ccc6sc7ccccc7c6c5)c4)cc3)c3ccc(C4(c5ccccc5)c5ccccc5-c5ccccc54)cc3)CC21. The number of benzene rings is 9. The van der Waals surface area contributed by atoms with Crippen molar-refractivity contribution >= 4 is 48.5 Å². The van der Waals surface area contributed by atoms with Crippen LogP contribution in [0.15, 0.2) is 236 Å². The highest BCUT2D eigenvalue weighted by Gasteiger charge is 2.47. The Morgan fingerprint density at radius 2 is 0.970 bits per heavy atom. The molecular weight excluding hydrogens is 815 g/mol. The Hall–Kier alpha value is -7.52. The fourth-order valence-corrected chi connectivity index (χ4v) is 13.0. The zero-order valence-electron chi connectivity index (χ0n) is 37.1. The van der Waals surface area contributed by atoms with Crippen LogP contribution in [0.1, 0.15) is 53.6 Å². The molecule has 0 N–H and O–H groups in total. The molecule has 66 heavy (non-hydrogen) atoms. The highest BCUT2D eigenvalue weighted by Crippen LogP contribution is 2.57. The third-order valence-electron chi connectivity index (χ3n) is 15.1. The summed E-state index contributed by atoms with van der Waals surface area (Å²) < 4.78 is 2.67. The second kappa shape index (κ2) is 15.0. The van der Waals surface area contributed by atoms with Gasteiger partial charge in [-0.2, -0.15) is 0 Å². The van der Waals surface area contributed by atoms with Crippen LogP contribution in [0.2, 0.25) is 0 Å². The Balaban J connectivity index is 0.912. The molecule has 0 fully saturated rings. The van der Waals surface area contributed by atoms with E-state index in [2.05, 4.69) is 249 Å². The fraction of sp³-hybridized carbons (Fsp3) is 0.0938. The van der Waals surface area contributed by atoms with Gasteiger partial charge in [0.1, 0.15) is 0 Å². The Morgan fingerprint density at radius 1 is 0.424 bits per heavy atom. The van der Waals surface area contributed by atoms with Crippen LogP contribution >= 0.6 is 11.3 Å². The quantitative estimate of drug-likeness (QED) is 0.154. The second-order valence-electron chi connectivity index (χ2n) is 18.8. The summed E-state index contributed by atoms with van der Waals surface area (Å²) in [5.74, 6) is 0.373. The zero-order chi connectivity index (χ0) is 44.0. The molecule has 0 saturated carbocycles. The van der Waals surface area contributed by atoms with Crippen LogP contribution in [0.3, 0.4) is 0 Å². The Labute approximate surface area is 391 Å². The molecule has 0 radical (unpaired) electrons. The predicted octanol–water partition coefficient (Wildman–Crippen LogP) is 17.2. The fourth-order valence-electron chi connectivity index (χ4n) is 11.9. The molecule has 9 aromatic carbocycles. The average Bonchev–Trinajstić information content (AvgIpc) is 3.98. The lowest BCUT2D eigenvalue weighted by Gasteiger charge is -2.37. The maximum absolute atomic E-state index is 2.52. The number of anilines is 2. The van der Waals surface area contributed by atoms with Crippen molar-refractivity contribution in [2.75, 3.05) is 4.90 Å². The zero-order valence-corrected chi connectivity index (χ0v) is 37.9. The third-order valence-corrected chi connectivity index (χ3v) is 16.2. The van der Waals surface area contributed by atoms with E-state index in [1.165, 1.54) is 98.2 Å². The van der Waals surface area contributed by atoms with Crippen LogP contribution in [0, 0.1) is 5.92 Å². The number of allylic oxidation sites excluding steroid dienone is 4. The predicted molar refractivity (Wildman–Crippen MR) is 280 cm³/mol. The van der Waals surface area contributed by atoms with E-state index in [1.54, 1.807) is 0 Å². The molecule has 314 valence electrons. The summed E-state index contributed by atoms with van der Waals surface area (Å²) in [6.07, 6.45) is 5.74. The molecule has 0 amide bonds. The van der Waals surface area contributed by atoms with E-state index in [4.69, 9.17) is 0 Å². The molecule has 1 unspecified atom stereocenters. The Morgan fingerprint density at radius 3 is 1.70 bits per heavy atom. The first kappa shape index (κ1) is 38.9. The summed E-state index contributed by atoms with van der Waals surface area (Å²) >= 11 is 1.87. The van der Waals surface area contributed by atoms with Crippen molar-refractivity contribution in [2.45, 2.75) is 31.1 Å². The van der Waals surface area contributed by atoms with Gasteiger partial charge in [0.2, 0.25) is 0 Å². The summed E-state index contributed by atoms with van der Waals surface area (Å²) in [5.41, 5.74) is 20.2. The minimum atomic E-state index is -0.446. The van der Waals surface area contributed by atoms with E-state index < -0.39 is 5.41 Å². The highest BCUT2D eigenvalue weighted by molar-refractivity contribution is 7.25. The number of fused-ring (bicyclic) bond motifs is 9. The average molecular weight is 862 g/mol. The van der Waals surface area contributed by atoms with Crippen molar-refractivity contribution < 1.29 is 0 Å². The molecule has 13 rings (SSSR count). The lowest BCUT2D eigenvalue weighted by atomic mass is 9.67. The molecule has 0 aliphatic heterocycles. The standard InChI is InChI=1S/C64H47NS/c1-63(2)57-23-10-6-19-51(57)54-37-36-50(41-60(54)63)65(48-32-27-42(28-33-48)43-15-14-16-44(39-43)45-29-38-62-56(40-45)55-22-9-13-26-61(55)66-62)49-34-30-47(31-35-49)64(46-17-4-3-5-18-46)58-24-11-7-20-52(58)53-21-8-12-25-59(53)64/h3-40,60H,41H2,1-2H3. The van der Waals surface area contributed by atoms with Gasteiger partial charge >= 0.3 is 0 Å². The molecule has 3 aliphatic rings. The molecule has 3 aliphatic carbocycles. The smallest absolute Gasteiger partial charge is 0.0713 e. The lowest BCUT2D eigenvalue weighted by Crippen LogP contribution is -2.29. The summed E-state index contributed by atoms with van der Waals surface area (Å²) in [6.45, 7) is 4.87. The van der Waals surface area contributed by atoms with Gasteiger partial charge in [0.15, 0.2) is 0 Å². The van der Waals surface area contributed by atoms with E-state index >= 15 is 0 Å². The number of hydrogen-bond donors (Lipinski definition) is 0. The van der Waals surface area contributed by atoms with Crippen LogP contribution in [-0.4, -0.2) is 0 Å². The third kappa shape index (κ3) is 5.84. The van der Waals surface area contributed by atoms with E-state index in [1.807, 2.05) is 11.3 Å². The van der Waals surface area contributed by atoms with E-state index in [-0.39, 0.29) is 5.41 Å². The summed E-state index contributed by atoms with van der Waals surface area (Å²) in [5, 5.41) is 2.66. The molecule has 1 heterocycles. The van der Waals surface area contributed by atoms with Gasteiger partial charge in [-0.1, -0.05) is 190 Å². The van der Waals surface area contributed by atoms with Crippen LogP contribution in [0.25, 0.3) is 59.1 Å². The molecule has 10 aromatic rings. The van der Waals surface area contributed by atoms with Crippen molar-refractivity contribution in [1.82, 2.24) is 0 Å². The Bertz CT molecular complexity index is 3540. The van der Waals surface area contributed by atoms with Crippen LogP contribution in [0.4, 0.5) is 11.4 Å². The number of hydrogen-bond acceptors (Lipinski definition) is 2. The first-order valence-electron chi connectivity index (χ1n) is 23.3. The van der Waals surface area contributed by atoms with Gasteiger partial charge < -0.3 is 4.90 Å². The van der Waals surface area contributed by atoms with Crippen molar-refractivity contribution in [3.63, 3.8) is 0 Å². The molecule has 1 atom stereocenters. The number of rotatable bonds is 7. The Kier molecular flexibility index (Phi) is 8.85. The van der Waals surface area contributed by atoms with Crippen LogP contribution < -0.4 is 4.90 Å². The van der Waals surface area contributed by atoms with Crippen LogP contribution in [-0.2, 0) is 10.8 Å². The first-order chi connectivity index (χ1) is 32.5. The van der Waals surface area contributed by atoms with Gasteiger partial charge in [-0.25, -0.2) is 0 Å². The van der Waals surface area contributed by atoms with E-state index in [0.717, 1.165) is 17.8 Å². The topological polar surface area (TPSA) is 3.24 Å². The molecule has 1 nitrogen and oxygen atoms in total. The van der Waals surface area contributed by atoms with Gasteiger partial charge in [-0.05, 0) is 145 Å². The minimum absolute atomic E-state index is 0.0126. The van der Waals surface area contributed by atoms with Crippen LogP contribution in [0.5, 0.6) is 0 Å². The largest absolute Gasteiger partial charge is 0.314 e. The second-order valence-corrected chi connectivity index (χ2v) is 19.9. The molecule has 0 saturated heterocycles. The normalized spacial score (nSPS) is 16.2. The van der Waals surface area contributed by atoms with E-state index in [0.29, 0.717) is 5.92 Å². The molecular formula is C64H47NS. The minimum Gasteiger partial charge on any atom is -0.314 e. The molecule has 1 aromatic heterocycles. The lowest BCUT2D eigenvalue weighted by molar-refractivity contribution is 0.406. The monoisotopic (exact) mass is 861 g/mol. The van der Waals surface area contributed by atoms with Gasteiger partial charge in [0, 0.05) is 37.2 Å². The molecule has 0 spiro atoms. The van der Waals surface area contributed by atoms with Crippen molar-refractivity contribution in [2.24, 2.45) is 5.92 Å². The number of thiophene rings is 1. The van der Waals surface area contributed by atoms with Gasteiger partial charge in [0.25, 0.3) is 0 Å². The maximum atomic E-state index is 2.52. The van der Waals surface area contributed by atoms with Gasteiger partial charge in [-0.15, -0.1) is 11.3 Å². The molecule has 2 heteroatoms. The van der Waals surface area contributed by atoms with E-state index in [9.17, 15) is 0 Å². The number of nitrogens with zero attached hydrogens (tertiary/aromatic N) is 1. The summed E-state index contributed by atoms with van der Waals surface area (Å²) in [7, 11) is 0.